The van der Waals surface area contributed by atoms with E-state index in [1.165, 1.54) is 0 Å². The third-order valence-electron chi connectivity index (χ3n) is 7.02. The highest BCUT2D eigenvalue weighted by molar-refractivity contribution is 5.95. The number of carbonyl (C=O) groups is 3. The Hall–Kier alpha value is -5.24. The van der Waals surface area contributed by atoms with E-state index in [0.29, 0.717) is 73.0 Å². The number of hydrogen-bond donors (Lipinski definition) is 3. The minimum Gasteiger partial charge on any atom is -0.457 e. The lowest BCUT2D eigenvalue weighted by molar-refractivity contribution is 0.0487. The van der Waals surface area contributed by atoms with Gasteiger partial charge in [-0.2, -0.15) is 5.26 Å². The average Bonchev–Trinajstić information content (AvgIpc) is 3.01. The molecule has 0 aromatic heterocycles. The number of alkyl carbamates (subject to hydrolysis) is 2. The van der Waals surface area contributed by atoms with Crippen molar-refractivity contribution < 1.29 is 33.3 Å². The molecule has 0 unspecified atom stereocenters. The Labute approximate surface area is 269 Å². The van der Waals surface area contributed by atoms with Crippen LogP contribution < -0.4 is 25.4 Å². The Morgan fingerprint density at radius 2 is 1.33 bits per heavy atom. The minimum atomic E-state index is -0.567. The molecule has 11 heteroatoms. The van der Waals surface area contributed by atoms with E-state index in [0.717, 1.165) is 5.56 Å². The first-order valence-electron chi connectivity index (χ1n) is 15.3. The molecular formula is C35H40N4O7. The van der Waals surface area contributed by atoms with Gasteiger partial charge in [0.05, 0.1) is 18.2 Å². The summed E-state index contributed by atoms with van der Waals surface area (Å²) in [5.74, 6) is 1.51. The number of amides is 3. The first-order chi connectivity index (χ1) is 22.0. The number of hydrogen-bond acceptors (Lipinski definition) is 8. The van der Waals surface area contributed by atoms with Crippen LogP contribution in [0.25, 0.3) is 0 Å². The van der Waals surface area contributed by atoms with Gasteiger partial charge < -0.3 is 34.9 Å². The van der Waals surface area contributed by atoms with Crippen molar-refractivity contribution >= 4 is 18.1 Å². The molecule has 1 aliphatic carbocycles. The highest BCUT2D eigenvalue weighted by atomic mass is 16.6. The van der Waals surface area contributed by atoms with Crippen molar-refractivity contribution in [3.63, 3.8) is 0 Å². The number of carbonyl (C=O) groups excluding carboxylic acids is 3. The maximum atomic E-state index is 13.4. The van der Waals surface area contributed by atoms with Crippen molar-refractivity contribution in [1.29, 1.82) is 5.26 Å². The third kappa shape index (κ3) is 10.7. The average molecular weight is 629 g/mol. The molecule has 1 fully saturated rings. The van der Waals surface area contributed by atoms with Crippen LogP contribution in [-0.4, -0.2) is 42.4 Å². The number of benzene rings is 3. The number of ether oxygens (including phenoxy) is 4. The van der Waals surface area contributed by atoms with E-state index in [4.69, 9.17) is 24.2 Å². The van der Waals surface area contributed by atoms with Gasteiger partial charge in [-0.05, 0) is 107 Å². The molecule has 0 radical (unpaired) electrons. The van der Waals surface area contributed by atoms with Crippen LogP contribution >= 0.6 is 0 Å². The van der Waals surface area contributed by atoms with Crippen molar-refractivity contribution in [2.24, 2.45) is 0 Å². The molecule has 3 aromatic rings. The maximum absolute atomic E-state index is 13.4. The Kier molecular flexibility index (Phi) is 11.5. The molecule has 3 amide bonds. The van der Waals surface area contributed by atoms with E-state index in [1.807, 2.05) is 32.9 Å². The van der Waals surface area contributed by atoms with Gasteiger partial charge in [0, 0.05) is 30.3 Å². The summed E-state index contributed by atoms with van der Waals surface area (Å²) >= 11 is 0. The predicted octanol–water partition coefficient (Wildman–Crippen LogP) is 6.95. The molecule has 3 aromatic carbocycles. The fraction of sp³-hybridized carbons (Fsp3) is 0.371. The summed E-state index contributed by atoms with van der Waals surface area (Å²) in [5.41, 5.74) is 1.14. The predicted molar refractivity (Wildman–Crippen MR) is 171 cm³/mol. The number of nitrogens with one attached hydrogen (secondary N) is 3. The summed E-state index contributed by atoms with van der Waals surface area (Å²) in [4.78, 5) is 37.2. The molecule has 3 N–H and O–H groups in total. The van der Waals surface area contributed by atoms with Crippen molar-refractivity contribution in [2.75, 3.05) is 6.61 Å². The van der Waals surface area contributed by atoms with Crippen LogP contribution in [-0.2, 0) is 16.0 Å². The molecule has 0 atom stereocenters. The Morgan fingerprint density at radius 1 is 0.783 bits per heavy atom. The van der Waals surface area contributed by atoms with E-state index in [9.17, 15) is 14.4 Å². The molecule has 1 saturated carbocycles. The molecule has 11 nitrogen and oxygen atoms in total. The Bertz CT molecular complexity index is 1540. The van der Waals surface area contributed by atoms with E-state index >= 15 is 0 Å². The fourth-order valence-electron chi connectivity index (χ4n) is 4.85. The molecule has 1 aliphatic rings. The van der Waals surface area contributed by atoms with Gasteiger partial charge >= 0.3 is 12.2 Å². The van der Waals surface area contributed by atoms with Crippen molar-refractivity contribution in [3.8, 4) is 29.1 Å². The zero-order valence-corrected chi connectivity index (χ0v) is 26.6. The lowest BCUT2D eigenvalue weighted by Gasteiger charge is -2.30. The summed E-state index contributed by atoms with van der Waals surface area (Å²) in [6, 6.07) is 20.8. The van der Waals surface area contributed by atoms with E-state index in [2.05, 4.69) is 22.0 Å². The minimum absolute atomic E-state index is 0.0144. The van der Waals surface area contributed by atoms with Gasteiger partial charge in [-0.15, -0.1) is 0 Å². The van der Waals surface area contributed by atoms with Crippen molar-refractivity contribution in [1.82, 2.24) is 16.0 Å². The topological polar surface area (TPSA) is 148 Å². The van der Waals surface area contributed by atoms with Gasteiger partial charge in [0.15, 0.2) is 0 Å². The number of rotatable bonds is 10. The molecule has 0 bridgehead atoms. The number of nitrogens with zero attached hydrogens (tertiary/aromatic N) is 1. The zero-order valence-electron chi connectivity index (χ0n) is 26.6. The van der Waals surface area contributed by atoms with Crippen LogP contribution in [0.1, 0.15) is 74.9 Å². The SMILES string of the molecule is CCOC(=O)NCc1ccc(Oc2cc(Oc3ccc(C#N)cc3)cc(C(=O)NC3CCC(NC(=O)OC(C)(C)C)CC3)c2)cc1. The smallest absolute Gasteiger partial charge is 0.407 e. The summed E-state index contributed by atoms with van der Waals surface area (Å²) in [5, 5.41) is 17.8. The van der Waals surface area contributed by atoms with Crippen LogP contribution in [0, 0.1) is 11.3 Å². The highest BCUT2D eigenvalue weighted by Gasteiger charge is 2.26. The maximum Gasteiger partial charge on any atom is 0.407 e. The quantitative estimate of drug-likeness (QED) is 0.218. The van der Waals surface area contributed by atoms with Crippen LogP contribution in [0.15, 0.2) is 66.7 Å². The van der Waals surface area contributed by atoms with Crippen LogP contribution in [0.2, 0.25) is 0 Å². The second-order valence-corrected chi connectivity index (χ2v) is 11.9. The first kappa shape index (κ1) is 33.6. The van der Waals surface area contributed by atoms with Gasteiger partial charge in [-0.1, -0.05) is 12.1 Å². The summed E-state index contributed by atoms with van der Waals surface area (Å²) < 4.78 is 22.4. The molecule has 0 saturated heterocycles. The van der Waals surface area contributed by atoms with Gasteiger partial charge in [0.25, 0.3) is 5.91 Å². The van der Waals surface area contributed by atoms with Crippen LogP contribution in [0.5, 0.6) is 23.0 Å². The largest absolute Gasteiger partial charge is 0.457 e. The van der Waals surface area contributed by atoms with Crippen molar-refractivity contribution in [3.05, 3.63) is 83.4 Å². The van der Waals surface area contributed by atoms with Gasteiger partial charge in [0.1, 0.15) is 28.6 Å². The van der Waals surface area contributed by atoms with Crippen LogP contribution in [0.3, 0.4) is 0 Å². The molecule has 0 aliphatic heterocycles. The summed E-state index contributed by atoms with van der Waals surface area (Å²) in [6.07, 6.45) is 1.91. The zero-order chi connectivity index (χ0) is 33.1. The fourth-order valence-corrected chi connectivity index (χ4v) is 4.85. The molecule has 242 valence electrons. The standard InChI is InChI=1S/C35H40N4O7/c1-5-43-33(41)37-22-24-8-16-29(17-9-24)45-31-19-25(18-30(20-31)44-28-14-6-23(21-36)7-15-28)32(40)38-26-10-12-27(13-11-26)39-34(42)46-35(2,3)4/h6-9,14-20,26-27H,5,10-13,22H2,1-4H3,(H,37,41)(H,38,40)(H,39,42). The van der Waals surface area contributed by atoms with Crippen molar-refractivity contribution in [2.45, 2.75) is 77.6 Å². The van der Waals surface area contributed by atoms with Crippen LogP contribution in [0.4, 0.5) is 9.59 Å². The second kappa shape index (κ2) is 15.7. The molecule has 0 spiro atoms. The number of nitriles is 1. The third-order valence-corrected chi connectivity index (χ3v) is 7.02. The molecule has 4 rings (SSSR count). The lowest BCUT2D eigenvalue weighted by atomic mass is 9.91. The van der Waals surface area contributed by atoms with Gasteiger partial charge in [-0.3, -0.25) is 4.79 Å². The molecule has 0 heterocycles. The second-order valence-electron chi connectivity index (χ2n) is 11.9. The van der Waals surface area contributed by atoms with Gasteiger partial charge in [-0.25, -0.2) is 9.59 Å². The van der Waals surface area contributed by atoms with E-state index in [1.54, 1.807) is 61.5 Å². The molecular weight excluding hydrogens is 588 g/mol. The summed E-state index contributed by atoms with van der Waals surface area (Å²) in [7, 11) is 0. The summed E-state index contributed by atoms with van der Waals surface area (Å²) in [6.45, 7) is 7.80. The first-order valence-corrected chi connectivity index (χ1v) is 15.3. The monoisotopic (exact) mass is 628 g/mol. The highest BCUT2D eigenvalue weighted by Crippen LogP contribution is 2.31. The Morgan fingerprint density at radius 3 is 1.85 bits per heavy atom. The normalized spacial score (nSPS) is 15.9. The van der Waals surface area contributed by atoms with E-state index in [-0.39, 0.29) is 18.0 Å². The van der Waals surface area contributed by atoms with E-state index < -0.39 is 17.8 Å². The van der Waals surface area contributed by atoms with Gasteiger partial charge in [0.2, 0.25) is 0 Å². The molecule has 46 heavy (non-hydrogen) atoms. The Balaban J connectivity index is 1.44. The lowest BCUT2D eigenvalue weighted by Crippen LogP contribution is -2.45.